The van der Waals surface area contributed by atoms with Crippen LogP contribution in [0.1, 0.15) is 32.0 Å². The number of carbonyl (C=O) groups excluding carboxylic acids is 2. The van der Waals surface area contributed by atoms with Gasteiger partial charge in [0.15, 0.2) is 0 Å². The molecule has 0 spiro atoms. The summed E-state index contributed by atoms with van der Waals surface area (Å²) in [5.41, 5.74) is 4.43. The van der Waals surface area contributed by atoms with Crippen LogP contribution in [0.4, 0.5) is 0 Å². The van der Waals surface area contributed by atoms with Gasteiger partial charge in [-0.2, -0.15) is 0 Å². The number of methoxy groups -OCH3 is 1. The van der Waals surface area contributed by atoms with Crippen molar-refractivity contribution in [2.45, 2.75) is 13.5 Å². The first-order valence-corrected chi connectivity index (χ1v) is 8.57. The number of benzene rings is 2. The summed E-state index contributed by atoms with van der Waals surface area (Å²) in [4.78, 5) is 28.5. The number of nitrogens with one attached hydrogen (secondary N) is 1. The topological polar surface area (TPSA) is 68.3 Å². The minimum absolute atomic E-state index is 0.184. The van der Waals surface area contributed by atoms with E-state index in [-0.39, 0.29) is 11.9 Å². The molecular weight excluding hydrogens is 340 g/mol. The van der Waals surface area contributed by atoms with Crippen molar-refractivity contribution in [1.29, 1.82) is 0 Å². The number of nitrogens with zero attached hydrogens (tertiary/aromatic N) is 1. The van der Waals surface area contributed by atoms with Gasteiger partial charge in [0.25, 0.3) is 5.91 Å². The van der Waals surface area contributed by atoms with Crippen LogP contribution in [0.2, 0.25) is 0 Å². The first-order chi connectivity index (χ1) is 13.1. The van der Waals surface area contributed by atoms with Gasteiger partial charge in [-0.05, 0) is 36.8 Å². The van der Waals surface area contributed by atoms with Crippen LogP contribution in [0.3, 0.4) is 0 Å². The Morgan fingerprint density at radius 2 is 1.67 bits per heavy atom. The van der Waals surface area contributed by atoms with E-state index >= 15 is 0 Å². The number of pyridine rings is 1. The average molecular weight is 360 g/mol. The highest BCUT2D eigenvalue weighted by Crippen LogP contribution is 2.18. The quantitative estimate of drug-likeness (QED) is 0.703. The number of ether oxygens (including phenoxy) is 1. The van der Waals surface area contributed by atoms with Gasteiger partial charge >= 0.3 is 5.97 Å². The van der Waals surface area contributed by atoms with Crippen molar-refractivity contribution >= 4 is 11.9 Å². The predicted molar refractivity (Wildman–Crippen MR) is 103 cm³/mol. The number of aryl methyl sites for hydroxylation is 1. The molecule has 136 valence electrons. The number of aromatic nitrogens is 1. The number of rotatable bonds is 5. The van der Waals surface area contributed by atoms with Crippen molar-refractivity contribution in [3.8, 4) is 11.3 Å². The Morgan fingerprint density at radius 3 is 2.30 bits per heavy atom. The van der Waals surface area contributed by atoms with Crippen molar-refractivity contribution in [3.05, 3.63) is 89.1 Å². The normalized spacial score (nSPS) is 10.3. The van der Waals surface area contributed by atoms with E-state index in [9.17, 15) is 9.59 Å². The first kappa shape index (κ1) is 18.3. The molecule has 0 unspecified atom stereocenters. The van der Waals surface area contributed by atoms with Crippen LogP contribution in [0.25, 0.3) is 11.3 Å². The molecule has 0 aliphatic heterocycles. The van der Waals surface area contributed by atoms with Gasteiger partial charge < -0.3 is 10.1 Å². The molecule has 1 amide bonds. The summed E-state index contributed by atoms with van der Waals surface area (Å²) in [5, 5.41) is 2.88. The molecule has 0 saturated heterocycles. The van der Waals surface area contributed by atoms with E-state index in [0.717, 1.165) is 16.8 Å². The maximum absolute atomic E-state index is 12.5. The lowest BCUT2D eigenvalue weighted by molar-refractivity contribution is 0.0600. The molecule has 27 heavy (non-hydrogen) atoms. The lowest BCUT2D eigenvalue weighted by Crippen LogP contribution is -2.24. The van der Waals surface area contributed by atoms with Crippen LogP contribution in [0.5, 0.6) is 0 Å². The van der Waals surface area contributed by atoms with E-state index in [2.05, 4.69) is 15.0 Å². The van der Waals surface area contributed by atoms with E-state index < -0.39 is 0 Å². The molecule has 0 bridgehead atoms. The van der Waals surface area contributed by atoms with Crippen molar-refractivity contribution in [1.82, 2.24) is 10.3 Å². The van der Waals surface area contributed by atoms with Gasteiger partial charge in [0.05, 0.1) is 29.6 Å². The van der Waals surface area contributed by atoms with E-state index in [1.807, 2.05) is 43.3 Å². The van der Waals surface area contributed by atoms with Crippen molar-refractivity contribution in [3.63, 3.8) is 0 Å². The zero-order chi connectivity index (χ0) is 19.2. The Labute approximate surface area is 158 Å². The Bertz CT molecular complexity index is 951. The van der Waals surface area contributed by atoms with Crippen LogP contribution < -0.4 is 5.32 Å². The van der Waals surface area contributed by atoms with Gasteiger partial charge in [-0.1, -0.05) is 42.5 Å². The van der Waals surface area contributed by atoms with Gasteiger partial charge in [0, 0.05) is 12.1 Å². The summed E-state index contributed by atoms with van der Waals surface area (Å²) >= 11 is 0. The molecule has 3 aromatic rings. The van der Waals surface area contributed by atoms with Crippen LogP contribution in [-0.2, 0) is 11.3 Å². The molecule has 0 saturated carbocycles. The SMILES string of the molecule is COC(=O)c1ccc(CNC(=O)c2ccc(-c3ccccc3)nc2C)cc1. The van der Waals surface area contributed by atoms with Gasteiger partial charge in [-0.25, -0.2) is 4.79 Å². The zero-order valence-electron chi connectivity index (χ0n) is 15.2. The summed E-state index contributed by atoms with van der Waals surface area (Å²) < 4.78 is 4.67. The van der Waals surface area contributed by atoms with Gasteiger partial charge in [0.2, 0.25) is 0 Å². The Morgan fingerprint density at radius 1 is 0.963 bits per heavy atom. The van der Waals surface area contributed by atoms with Crippen LogP contribution >= 0.6 is 0 Å². The average Bonchev–Trinajstić information content (AvgIpc) is 2.72. The summed E-state index contributed by atoms with van der Waals surface area (Å²) in [6, 6.07) is 20.4. The third-order valence-electron chi connectivity index (χ3n) is 4.23. The summed E-state index contributed by atoms with van der Waals surface area (Å²) in [5.74, 6) is -0.567. The van der Waals surface area contributed by atoms with E-state index in [0.29, 0.717) is 23.4 Å². The minimum atomic E-state index is -0.384. The molecule has 0 aliphatic rings. The zero-order valence-corrected chi connectivity index (χ0v) is 15.2. The maximum Gasteiger partial charge on any atom is 0.337 e. The molecular formula is C22H20N2O3. The fraction of sp³-hybridized carbons (Fsp3) is 0.136. The Hall–Kier alpha value is -3.47. The number of hydrogen-bond acceptors (Lipinski definition) is 4. The molecule has 5 nitrogen and oxygen atoms in total. The van der Waals surface area contributed by atoms with Crippen LogP contribution in [-0.4, -0.2) is 24.0 Å². The Kier molecular flexibility index (Phi) is 5.61. The molecule has 1 heterocycles. The predicted octanol–water partition coefficient (Wildman–Crippen LogP) is 3.77. The van der Waals surface area contributed by atoms with E-state index in [1.54, 1.807) is 30.3 Å². The molecule has 0 radical (unpaired) electrons. The summed E-state index contributed by atoms with van der Waals surface area (Å²) in [6.07, 6.45) is 0. The molecule has 5 heteroatoms. The van der Waals surface area contributed by atoms with Crippen LogP contribution in [0.15, 0.2) is 66.7 Å². The third-order valence-corrected chi connectivity index (χ3v) is 4.23. The first-order valence-electron chi connectivity index (χ1n) is 8.57. The molecule has 0 fully saturated rings. The van der Waals surface area contributed by atoms with E-state index in [1.165, 1.54) is 7.11 Å². The molecule has 1 aromatic heterocycles. The van der Waals surface area contributed by atoms with E-state index in [4.69, 9.17) is 0 Å². The van der Waals surface area contributed by atoms with Crippen LogP contribution in [0, 0.1) is 6.92 Å². The highest BCUT2D eigenvalue weighted by molar-refractivity contribution is 5.95. The number of hydrogen-bond donors (Lipinski definition) is 1. The van der Waals surface area contributed by atoms with Gasteiger partial charge in [0.1, 0.15) is 0 Å². The fourth-order valence-electron chi connectivity index (χ4n) is 2.72. The monoisotopic (exact) mass is 360 g/mol. The second-order valence-electron chi connectivity index (χ2n) is 6.07. The highest BCUT2D eigenvalue weighted by atomic mass is 16.5. The molecule has 3 rings (SSSR count). The standard InChI is InChI=1S/C22H20N2O3/c1-15-19(12-13-20(24-15)17-6-4-3-5-7-17)21(25)23-14-16-8-10-18(11-9-16)22(26)27-2/h3-13H,14H2,1-2H3,(H,23,25). The largest absolute Gasteiger partial charge is 0.465 e. The third kappa shape index (κ3) is 4.39. The maximum atomic E-state index is 12.5. The van der Waals surface area contributed by atoms with Gasteiger partial charge in [-0.3, -0.25) is 9.78 Å². The Balaban J connectivity index is 1.67. The number of amides is 1. The van der Waals surface area contributed by atoms with Crippen molar-refractivity contribution in [2.75, 3.05) is 7.11 Å². The molecule has 2 aromatic carbocycles. The van der Waals surface area contributed by atoms with Crippen molar-refractivity contribution < 1.29 is 14.3 Å². The smallest absolute Gasteiger partial charge is 0.337 e. The summed E-state index contributed by atoms with van der Waals surface area (Å²) in [6.45, 7) is 2.19. The summed E-state index contributed by atoms with van der Waals surface area (Å²) in [7, 11) is 1.34. The molecule has 1 N–H and O–H groups in total. The van der Waals surface area contributed by atoms with Gasteiger partial charge in [-0.15, -0.1) is 0 Å². The minimum Gasteiger partial charge on any atom is -0.465 e. The second kappa shape index (κ2) is 8.27. The number of esters is 1. The fourth-order valence-corrected chi connectivity index (χ4v) is 2.72. The highest BCUT2D eigenvalue weighted by Gasteiger charge is 2.11. The molecule has 0 aliphatic carbocycles. The lowest BCUT2D eigenvalue weighted by atomic mass is 10.1. The second-order valence-corrected chi connectivity index (χ2v) is 6.07. The lowest BCUT2D eigenvalue weighted by Gasteiger charge is -2.09. The number of carbonyl (C=O) groups is 2. The molecule has 0 atom stereocenters. The van der Waals surface area contributed by atoms with Crippen molar-refractivity contribution in [2.24, 2.45) is 0 Å².